The van der Waals surface area contributed by atoms with Gasteiger partial charge in [-0.05, 0) is 56.0 Å². The predicted molar refractivity (Wildman–Crippen MR) is 133 cm³/mol. The lowest BCUT2D eigenvalue weighted by atomic mass is 10.0. The summed E-state index contributed by atoms with van der Waals surface area (Å²) in [5.41, 5.74) is 7.90. The average molecular weight is 454 g/mol. The molecule has 0 radical (unpaired) electrons. The summed E-state index contributed by atoms with van der Waals surface area (Å²) in [6, 6.07) is 19.2. The SMILES string of the molecule is Cc1ccc(OCC[NH+]2CCN(c3c4c(c(C#N)c5[nH]c6ccccc6[n+]35)CCC4)CC2)cc1. The monoisotopic (exact) mass is 453 g/mol. The number of nitrogens with zero attached hydrogens (tertiary/aromatic N) is 3. The van der Waals surface area contributed by atoms with E-state index in [9.17, 15) is 5.26 Å². The van der Waals surface area contributed by atoms with Crippen molar-refractivity contribution in [3.63, 3.8) is 0 Å². The van der Waals surface area contributed by atoms with Gasteiger partial charge in [0.05, 0.1) is 0 Å². The second-order valence-electron chi connectivity index (χ2n) is 9.60. The molecule has 1 aliphatic carbocycles. The highest BCUT2D eigenvalue weighted by atomic mass is 16.5. The van der Waals surface area contributed by atoms with Crippen molar-refractivity contribution in [2.45, 2.75) is 26.2 Å². The van der Waals surface area contributed by atoms with Gasteiger partial charge in [0.1, 0.15) is 67.7 Å². The summed E-state index contributed by atoms with van der Waals surface area (Å²) in [5, 5.41) is 10.0. The second kappa shape index (κ2) is 8.66. The number of benzene rings is 2. The molecule has 0 amide bonds. The molecule has 0 atom stereocenters. The first kappa shape index (κ1) is 21.0. The summed E-state index contributed by atoms with van der Waals surface area (Å²) >= 11 is 0. The molecule has 6 nitrogen and oxygen atoms in total. The Balaban J connectivity index is 1.25. The molecule has 1 saturated heterocycles. The second-order valence-corrected chi connectivity index (χ2v) is 9.60. The first-order valence-electron chi connectivity index (χ1n) is 12.4. The summed E-state index contributed by atoms with van der Waals surface area (Å²) in [4.78, 5) is 7.70. The summed E-state index contributed by atoms with van der Waals surface area (Å²) in [6.07, 6.45) is 3.18. The molecule has 0 unspecified atom stereocenters. The fourth-order valence-corrected chi connectivity index (χ4v) is 5.70. The fourth-order valence-electron chi connectivity index (χ4n) is 5.70. The molecule has 1 aliphatic heterocycles. The van der Waals surface area contributed by atoms with Gasteiger partial charge in [-0.1, -0.05) is 29.8 Å². The molecule has 34 heavy (non-hydrogen) atoms. The van der Waals surface area contributed by atoms with Crippen LogP contribution in [-0.2, 0) is 12.8 Å². The predicted octanol–water partition coefficient (Wildman–Crippen LogP) is 2.36. The van der Waals surface area contributed by atoms with Crippen LogP contribution in [-0.4, -0.2) is 44.3 Å². The van der Waals surface area contributed by atoms with Gasteiger partial charge in [0.2, 0.25) is 11.5 Å². The quantitative estimate of drug-likeness (QED) is 0.456. The third-order valence-electron chi connectivity index (χ3n) is 7.49. The minimum absolute atomic E-state index is 0.742. The number of imidazole rings is 1. The Kier molecular flexibility index (Phi) is 5.35. The molecule has 0 saturated carbocycles. The molecule has 6 heteroatoms. The number of piperazine rings is 1. The zero-order chi connectivity index (χ0) is 23.1. The zero-order valence-electron chi connectivity index (χ0n) is 19.7. The number of hydrogen-bond donors (Lipinski definition) is 2. The highest BCUT2D eigenvalue weighted by Crippen LogP contribution is 2.34. The number of aromatic amines is 1. The van der Waals surface area contributed by atoms with E-state index in [1.807, 2.05) is 0 Å². The Hall–Kier alpha value is -3.56. The Morgan fingerprint density at radius 1 is 1.06 bits per heavy atom. The lowest BCUT2D eigenvalue weighted by Crippen LogP contribution is -3.15. The number of ether oxygens (including phenoxy) is 1. The molecule has 0 spiro atoms. The number of nitriles is 1. The number of aryl methyl sites for hydroxylation is 1. The van der Waals surface area contributed by atoms with Crippen LogP contribution in [0.3, 0.4) is 0 Å². The van der Waals surface area contributed by atoms with E-state index in [1.165, 1.54) is 22.5 Å². The zero-order valence-corrected chi connectivity index (χ0v) is 19.7. The van der Waals surface area contributed by atoms with E-state index in [0.717, 1.165) is 86.6 Å². The van der Waals surface area contributed by atoms with E-state index in [1.54, 1.807) is 4.90 Å². The van der Waals surface area contributed by atoms with Crippen LogP contribution in [0.2, 0.25) is 0 Å². The summed E-state index contributed by atoms with van der Waals surface area (Å²) < 4.78 is 8.31. The molecular formula is C28H31N5O+2. The number of quaternary nitrogens is 1. The Morgan fingerprint density at radius 2 is 1.82 bits per heavy atom. The van der Waals surface area contributed by atoms with E-state index >= 15 is 0 Å². The summed E-state index contributed by atoms with van der Waals surface area (Å²) in [6.45, 7) is 8.07. The van der Waals surface area contributed by atoms with Crippen molar-refractivity contribution < 1.29 is 14.0 Å². The van der Waals surface area contributed by atoms with Crippen molar-refractivity contribution >= 4 is 22.5 Å². The maximum absolute atomic E-state index is 10.0. The minimum atomic E-state index is 0.742. The van der Waals surface area contributed by atoms with Crippen LogP contribution in [0.25, 0.3) is 16.7 Å². The van der Waals surface area contributed by atoms with Crippen molar-refractivity contribution in [3.05, 3.63) is 70.8 Å². The Labute approximate surface area is 200 Å². The van der Waals surface area contributed by atoms with Gasteiger partial charge in [0, 0.05) is 5.56 Å². The van der Waals surface area contributed by atoms with Gasteiger partial charge < -0.3 is 9.64 Å². The maximum Gasteiger partial charge on any atom is 0.250 e. The Morgan fingerprint density at radius 3 is 2.62 bits per heavy atom. The maximum atomic E-state index is 10.0. The highest BCUT2D eigenvalue weighted by Gasteiger charge is 2.35. The van der Waals surface area contributed by atoms with Gasteiger partial charge in [-0.3, -0.25) is 9.88 Å². The van der Waals surface area contributed by atoms with Gasteiger partial charge in [-0.25, -0.2) is 0 Å². The average Bonchev–Trinajstić information content (AvgIpc) is 3.50. The van der Waals surface area contributed by atoms with Crippen LogP contribution in [0.5, 0.6) is 5.75 Å². The largest absolute Gasteiger partial charge is 0.488 e. The van der Waals surface area contributed by atoms with E-state index in [0.29, 0.717) is 0 Å². The summed E-state index contributed by atoms with van der Waals surface area (Å²) in [5.74, 6) is 2.25. The third kappa shape index (κ3) is 3.57. The number of aromatic nitrogens is 2. The minimum Gasteiger partial charge on any atom is -0.488 e. The molecule has 2 aromatic heterocycles. The molecule has 2 aliphatic rings. The molecule has 6 rings (SSSR count). The number of anilines is 1. The van der Waals surface area contributed by atoms with Crippen LogP contribution >= 0.6 is 0 Å². The normalized spacial score (nSPS) is 16.2. The molecule has 2 N–H and O–H groups in total. The highest BCUT2D eigenvalue weighted by molar-refractivity contribution is 5.78. The Bertz CT molecular complexity index is 1390. The molecule has 3 heterocycles. The van der Waals surface area contributed by atoms with E-state index in [2.05, 4.69) is 75.8 Å². The number of pyridine rings is 1. The molecule has 2 aromatic carbocycles. The first-order chi connectivity index (χ1) is 16.7. The van der Waals surface area contributed by atoms with Gasteiger partial charge in [0.25, 0.3) is 0 Å². The first-order valence-corrected chi connectivity index (χ1v) is 12.4. The van der Waals surface area contributed by atoms with Crippen LogP contribution in [0.1, 0.15) is 28.7 Å². The van der Waals surface area contributed by atoms with Gasteiger partial charge in [-0.15, -0.1) is 0 Å². The van der Waals surface area contributed by atoms with Crippen molar-refractivity contribution in [1.82, 2.24) is 4.98 Å². The third-order valence-corrected chi connectivity index (χ3v) is 7.49. The number of hydrogen-bond acceptors (Lipinski definition) is 3. The standard InChI is InChI=1S/C28H29N5O/c1-20-9-11-21(12-10-20)34-18-17-31-13-15-32(16-14-31)28-23-6-4-5-22(23)24(19-29)27-30-25-7-2-3-8-26(25)33(27)28/h2-3,7-12H,4-6,13-18H2,1H3/p+2. The lowest BCUT2D eigenvalue weighted by molar-refractivity contribution is -0.900. The van der Waals surface area contributed by atoms with E-state index < -0.39 is 0 Å². The summed E-state index contributed by atoms with van der Waals surface area (Å²) in [7, 11) is 0. The van der Waals surface area contributed by atoms with Crippen molar-refractivity contribution in [3.8, 4) is 11.8 Å². The van der Waals surface area contributed by atoms with Crippen molar-refractivity contribution in [2.75, 3.05) is 44.2 Å². The van der Waals surface area contributed by atoms with Gasteiger partial charge in [0.15, 0.2) is 0 Å². The number of nitrogens with one attached hydrogen (secondary N) is 2. The van der Waals surface area contributed by atoms with Crippen LogP contribution < -0.4 is 18.9 Å². The van der Waals surface area contributed by atoms with Gasteiger partial charge >= 0.3 is 0 Å². The number of fused-ring (bicyclic) bond motifs is 4. The smallest absolute Gasteiger partial charge is 0.250 e. The number of rotatable bonds is 5. The van der Waals surface area contributed by atoms with Crippen LogP contribution in [0.15, 0.2) is 48.5 Å². The number of H-pyrrole nitrogens is 1. The molecule has 1 fully saturated rings. The number of para-hydroxylation sites is 2. The molecular weight excluding hydrogens is 422 g/mol. The molecule has 172 valence electrons. The van der Waals surface area contributed by atoms with Crippen LogP contribution in [0, 0.1) is 18.3 Å². The molecule has 0 bridgehead atoms. The van der Waals surface area contributed by atoms with Gasteiger partial charge in [-0.2, -0.15) is 9.66 Å². The van der Waals surface area contributed by atoms with Crippen molar-refractivity contribution in [2.24, 2.45) is 0 Å². The fraction of sp³-hybridized carbons (Fsp3) is 0.357. The van der Waals surface area contributed by atoms with Crippen molar-refractivity contribution in [1.29, 1.82) is 5.26 Å². The molecule has 4 aromatic rings. The van der Waals surface area contributed by atoms with Crippen LogP contribution in [0.4, 0.5) is 5.82 Å². The lowest BCUT2D eigenvalue weighted by Gasteiger charge is -2.31. The van der Waals surface area contributed by atoms with E-state index in [-0.39, 0.29) is 0 Å². The van der Waals surface area contributed by atoms with E-state index in [4.69, 9.17) is 4.74 Å². The topological polar surface area (TPSA) is 60.6 Å².